The SMILES string of the molecule is COc1cccc2cc(C(=O)N3CCC(Oc4ccc(C(F)(F)F)cn4)CC3)c(=O)oc12. The van der Waals surface area contributed by atoms with Gasteiger partial charge in [0.25, 0.3) is 5.91 Å². The molecule has 0 saturated carbocycles. The molecule has 0 atom stereocenters. The first-order chi connectivity index (χ1) is 15.3. The summed E-state index contributed by atoms with van der Waals surface area (Å²) in [5.74, 6) is 0.0370. The van der Waals surface area contributed by atoms with Crippen molar-refractivity contribution < 1.29 is 31.9 Å². The zero-order valence-corrected chi connectivity index (χ0v) is 17.0. The van der Waals surface area contributed by atoms with Crippen LogP contribution in [-0.2, 0) is 6.18 Å². The second-order valence-corrected chi connectivity index (χ2v) is 7.32. The smallest absolute Gasteiger partial charge is 0.417 e. The summed E-state index contributed by atoms with van der Waals surface area (Å²) < 4.78 is 54.1. The molecule has 1 saturated heterocycles. The Bertz CT molecular complexity index is 1180. The molecule has 7 nitrogen and oxygen atoms in total. The number of hydrogen-bond acceptors (Lipinski definition) is 6. The van der Waals surface area contributed by atoms with Gasteiger partial charge >= 0.3 is 11.8 Å². The molecule has 0 radical (unpaired) electrons. The fourth-order valence-electron chi connectivity index (χ4n) is 3.56. The Balaban J connectivity index is 1.41. The second-order valence-electron chi connectivity index (χ2n) is 7.32. The highest BCUT2D eigenvalue weighted by Gasteiger charge is 2.31. The van der Waals surface area contributed by atoms with Crippen LogP contribution in [0.5, 0.6) is 11.6 Å². The van der Waals surface area contributed by atoms with E-state index in [-0.39, 0.29) is 23.1 Å². The fraction of sp³-hybridized carbons (Fsp3) is 0.318. The molecule has 1 aromatic carbocycles. The van der Waals surface area contributed by atoms with Crippen molar-refractivity contribution in [2.75, 3.05) is 20.2 Å². The largest absolute Gasteiger partial charge is 0.493 e. The van der Waals surface area contributed by atoms with Crippen molar-refractivity contribution in [3.63, 3.8) is 0 Å². The highest BCUT2D eigenvalue weighted by molar-refractivity contribution is 5.97. The maximum Gasteiger partial charge on any atom is 0.417 e. The quantitative estimate of drug-likeness (QED) is 0.563. The van der Waals surface area contributed by atoms with E-state index in [1.807, 2.05) is 0 Å². The van der Waals surface area contributed by atoms with Crippen molar-refractivity contribution in [3.8, 4) is 11.6 Å². The van der Waals surface area contributed by atoms with Crippen molar-refractivity contribution in [1.82, 2.24) is 9.88 Å². The fourth-order valence-corrected chi connectivity index (χ4v) is 3.56. The Morgan fingerprint density at radius 2 is 1.94 bits per heavy atom. The molecule has 10 heteroatoms. The number of hydrogen-bond donors (Lipinski definition) is 0. The summed E-state index contributed by atoms with van der Waals surface area (Å²) in [5.41, 5.74) is -1.40. The standard InChI is InChI=1S/C22H19F3N2O5/c1-30-17-4-2-3-13-11-16(21(29)32-19(13)17)20(28)27-9-7-15(8-10-27)31-18-6-5-14(12-26-18)22(23,24)25/h2-6,11-12,15H,7-10H2,1H3. The van der Waals surface area contributed by atoms with Crippen LogP contribution in [0.2, 0.25) is 0 Å². The predicted molar refractivity (Wildman–Crippen MR) is 108 cm³/mol. The van der Waals surface area contributed by atoms with Gasteiger partial charge in [0.15, 0.2) is 11.3 Å². The zero-order chi connectivity index (χ0) is 22.9. The average molecular weight is 448 g/mol. The lowest BCUT2D eigenvalue weighted by molar-refractivity contribution is -0.137. The molecule has 0 unspecified atom stereocenters. The van der Waals surface area contributed by atoms with Crippen molar-refractivity contribution in [1.29, 1.82) is 0 Å². The summed E-state index contributed by atoms with van der Waals surface area (Å²) in [5, 5.41) is 0.568. The highest BCUT2D eigenvalue weighted by atomic mass is 19.4. The molecule has 168 valence electrons. The molecule has 32 heavy (non-hydrogen) atoms. The van der Waals surface area contributed by atoms with Crippen molar-refractivity contribution in [2.45, 2.75) is 25.1 Å². The van der Waals surface area contributed by atoms with Crippen LogP contribution in [0.1, 0.15) is 28.8 Å². The number of carbonyl (C=O) groups excluding carboxylic acids is 1. The lowest BCUT2D eigenvalue weighted by Crippen LogP contribution is -2.43. The van der Waals surface area contributed by atoms with Crippen LogP contribution in [0.4, 0.5) is 13.2 Å². The number of fused-ring (bicyclic) bond motifs is 1. The van der Waals surface area contributed by atoms with Crippen LogP contribution in [0.15, 0.2) is 51.8 Å². The van der Waals surface area contributed by atoms with Gasteiger partial charge in [0.1, 0.15) is 11.7 Å². The molecule has 3 heterocycles. The normalized spacial score (nSPS) is 15.1. The van der Waals surface area contributed by atoms with E-state index in [2.05, 4.69) is 4.98 Å². The molecule has 0 aliphatic carbocycles. The monoisotopic (exact) mass is 448 g/mol. The topological polar surface area (TPSA) is 81.9 Å². The first-order valence-electron chi connectivity index (χ1n) is 9.86. The number of carbonyl (C=O) groups is 1. The number of benzene rings is 1. The minimum absolute atomic E-state index is 0.0745. The van der Waals surface area contributed by atoms with E-state index in [1.165, 1.54) is 24.1 Å². The lowest BCUT2D eigenvalue weighted by atomic mass is 10.1. The maximum absolute atomic E-state index is 12.9. The van der Waals surface area contributed by atoms with Gasteiger partial charge in [0, 0.05) is 43.6 Å². The molecule has 1 aliphatic heterocycles. The number of rotatable bonds is 4. The van der Waals surface area contributed by atoms with Crippen LogP contribution in [0, 0.1) is 0 Å². The van der Waals surface area contributed by atoms with Gasteiger partial charge in [-0.2, -0.15) is 13.2 Å². The molecule has 2 aromatic heterocycles. The maximum atomic E-state index is 12.9. The molecule has 1 amide bonds. The molecule has 0 spiro atoms. The highest BCUT2D eigenvalue weighted by Crippen LogP contribution is 2.30. The summed E-state index contributed by atoms with van der Waals surface area (Å²) in [6.07, 6.45) is -3.15. The number of ether oxygens (including phenoxy) is 2. The van der Waals surface area contributed by atoms with Crippen molar-refractivity contribution in [3.05, 3.63) is 64.1 Å². The Morgan fingerprint density at radius 3 is 2.56 bits per heavy atom. The first kappa shape index (κ1) is 21.7. The summed E-state index contributed by atoms with van der Waals surface area (Å²) >= 11 is 0. The van der Waals surface area contributed by atoms with Crippen LogP contribution in [-0.4, -0.2) is 42.1 Å². The van der Waals surface area contributed by atoms with Crippen LogP contribution in [0.25, 0.3) is 11.0 Å². The van der Waals surface area contributed by atoms with Crippen LogP contribution in [0.3, 0.4) is 0 Å². The summed E-state index contributed by atoms with van der Waals surface area (Å²) in [7, 11) is 1.46. The van der Waals surface area contributed by atoms with E-state index in [4.69, 9.17) is 13.9 Å². The molecule has 0 N–H and O–H groups in total. The molecular weight excluding hydrogens is 429 g/mol. The average Bonchev–Trinajstić information content (AvgIpc) is 2.78. The van der Waals surface area contributed by atoms with E-state index in [9.17, 15) is 22.8 Å². The van der Waals surface area contributed by atoms with Crippen LogP contribution < -0.4 is 15.1 Å². The summed E-state index contributed by atoms with van der Waals surface area (Å²) in [6, 6.07) is 8.68. The van der Waals surface area contributed by atoms with Gasteiger partial charge in [0.2, 0.25) is 5.88 Å². The Labute approximate surface area is 180 Å². The number of pyridine rings is 1. The Kier molecular flexibility index (Phi) is 5.77. The number of alkyl halides is 3. The molecule has 4 rings (SSSR count). The van der Waals surface area contributed by atoms with Crippen molar-refractivity contribution in [2.24, 2.45) is 0 Å². The third kappa shape index (κ3) is 4.39. The second kappa shape index (κ2) is 8.52. The minimum atomic E-state index is -4.46. The first-order valence-corrected chi connectivity index (χ1v) is 9.86. The number of para-hydroxylation sites is 1. The predicted octanol–water partition coefficient (Wildman–Crippen LogP) is 3.90. The van der Waals surface area contributed by atoms with Gasteiger partial charge in [-0.25, -0.2) is 9.78 Å². The number of piperidine rings is 1. The third-order valence-corrected chi connectivity index (χ3v) is 5.25. The summed E-state index contributed by atoms with van der Waals surface area (Å²) in [6.45, 7) is 0.638. The minimum Gasteiger partial charge on any atom is -0.493 e. The summed E-state index contributed by atoms with van der Waals surface area (Å²) in [4.78, 5) is 30.5. The number of likely N-dealkylation sites (tertiary alicyclic amines) is 1. The molecule has 0 bridgehead atoms. The van der Waals surface area contributed by atoms with Crippen LogP contribution >= 0.6 is 0 Å². The van der Waals surface area contributed by atoms with Gasteiger partial charge in [0.05, 0.1) is 12.7 Å². The zero-order valence-electron chi connectivity index (χ0n) is 17.0. The molecular formula is C22H19F3N2O5. The number of methoxy groups -OCH3 is 1. The number of nitrogens with zero attached hydrogens (tertiary/aromatic N) is 2. The van der Waals surface area contributed by atoms with Gasteiger partial charge in [-0.05, 0) is 18.2 Å². The lowest BCUT2D eigenvalue weighted by Gasteiger charge is -2.31. The van der Waals surface area contributed by atoms with Gasteiger partial charge < -0.3 is 18.8 Å². The molecule has 3 aromatic rings. The van der Waals surface area contributed by atoms with Gasteiger partial charge in [-0.3, -0.25) is 4.79 Å². The molecule has 1 aliphatic rings. The van der Waals surface area contributed by atoms with E-state index in [1.54, 1.807) is 18.2 Å². The van der Waals surface area contributed by atoms with E-state index >= 15 is 0 Å². The van der Waals surface area contributed by atoms with E-state index in [0.29, 0.717) is 37.1 Å². The van der Waals surface area contributed by atoms with E-state index in [0.717, 1.165) is 12.3 Å². The molecule has 1 fully saturated rings. The Morgan fingerprint density at radius 1 is 1.19 bits per heavy atom. The number of aromatic nitrogens is 1. The number of halogens is 3. The van der Waals surface area contributed by atoms with Gasteiger partial charge in [-0.15, -0.1) is 0 Å². The third-order valence-electron chi connectivity index (χ3n) is 5.25. The van der Waals surface area contributed by atoms with E-state index < -0.39 is 23.3 Å². The Hall–Kier alpha value is -3.56. The van der Waals surface area contributed by atoms with Crippen molar-refractivity contribution >= 4 is 16.9 Å². The van der Waals surface area contributed by atoms with Gasteiger partial charge in [-0.1, -0.05) is 12.1 Å². The number of amides is 1.